The molecular weight excluding hydrogens is 312 g/mol. The van der Waals surface area contributed by atoms with Crippen LogP contribution in [0.3, 0.4) is 0 Å². The molecule has 0 spiro atoms. The van der Waals surface area contributed by atoms with Gasteiger partial charge in [-0.3, -0.25) is 4.90 Å². The van der Waals surface area contributed by atoms with Gasteiger partial charge in [-0.05, 0) is 49.7 Å². The first-order chi connectivity index (χ1) is 12.2. The highest BCUT2D eigenvalue weighted by Gasteiger charge is 2.21. The monoisotopic (exact) mass is 344 g/mol. The number of aliphatic imine (C=N–C) groups is 1. The normalized spacial score (nSPS) is 19.8. The summed E-state index contributed by atoms with van der Waals surface area (Å²) >= 11 is 0. The van der Waals surface area contributed by atoms with Gasteiger partial charge in [0.1, 0.15) is 0 Å². The van der Waals surface area contributed by atoms with Crippen LogP contribution in [0, 0.1) is 5.92 Å². The maximum atomic E-state index is 9.59. The van der Waals surface area contributed by atoms with Gasteiger partial charge >= 0.3 is 0 Å². The van der Waals surface area contributed by atoms with E-state index in [0.29, 0.717) is 6.54 Å². The molecular formula is C20H32N4O. The van der Waals surface area contributed by atoms with E-state index in [9.17, 15) is 5.11 Å². The number of aliphatic hydroxyl groups is 1. The Bertz CT molecular complexity index is 545. The Labute approximate surface area is 151 Å². The first-order valence-corrected chi connectivity index (χ1v) is 9.73. The molecule has 0 amide bonds. The first kappa shape index (κ1) is 18.2. The van der Waals surface area contributed by atoms with Gasteiger partial charge in [-0.1, -0.05) is 24.3 Å². The van der Waals surface area contributed by atoms with Crippen LogP contribution in [0.4, 0.5) is 0 Å². The largest absolute Gasteiger partial charge is 0.393 e. The van der Waals surface area contributed by atoms with Gasteiger partial charge in [0.25, 0.3) is 0 Å². The Morgan fingerprint density at radius 2 is 1.76 bits per heavy atom. The average molecular weight is 345 g/mol. The van der Waals surface area contributed by atoms with Crippen LogP contribution in [0.25, 0.3) is 0 Å². The van der Waals surface area contributed by atoms with Crippen LogP contribution in [0.1, 0.15) is 43.7 Å². The van der Waals surface area contributed by atoms with Crippen LogP contribution < -0.4 is 10.6 Å². The molecule has 1 aliphatic heterocycles. The lowest BCUT2D eigenvalue weighted by molar-refractivity contribution is 0.0792. The van der Waals surface area contributed by atoms with Crippen molar-refractivity contribution < 1.29 is 5.11 Å². The zero-order chi connectivity index (χ0) is 17.5. The third-order valence-electron chi connectivity index (χ3n) is 5.01. The van der Waals surface area contributed by atoms with E-state index in [1.165, 1.54) is 24.0 Å². The summed E-state index contributed by atoms with van der Waals surface area (Å²) in [5, 5.41) is 16.3. The summed E-state index contributed by atoms with van der Waals surface area (Å²) in [7, 11) is 0. The number of benzene rings is 1. The second kappa shape index (κ2) is 9.20. The van der Waals surface area contributed by atoms with Gasteiger partial charge < -0.3 is 15.7 Å². The number of guanidine groups is 1. The third kappa shape index (κ3) is 6.33. The molecule has 1 saturated carbocycles. The van der Waals surface area contributed by atoms with Crippen molar-refractivity contribution >= 4 is 5.96 Å². The minimum atomic E-state index is -0.101. The third-order valence-corrected chi connectivity index (χ3v) is 5.01. The highest BCUT2D eigenvalue weighted by molar-refractivity contribution is 5.79. The lowest BCUT2D eigenvalue weighted by atomic mass is 10.1. The highest BCUT2D eigenvalue weighted by Crippen LogP contribution is 2.27. The predicted octanol–water partition coefficient (Wildman–Crippen LogP) is 2.11. The average Bonchev–Trinajstić information content (AvgIpc) is 3.45. The van der Waals surface area contributed by atoms with E-state index in [1.54, 1.807) is 0 Å². The van der Waals surface area contributed by atoms with E-state index in [0.717, 1.165) is 57.4 Å². The van der Waals surface area contributed by atoms with Crippen molar-refractivity contribution in [1.82, 2.24) is 15.5 Å². The van der Waals surface area contributed by atoms with Gasteiger partial charge in [0.15, 0.2) is 5.96 Å². The summed E-state index contributed by atoms with van der Waals surface area (Å²) in [6, 6.07) is 8.78. The molecule has 138 valence electrons. The number of hydrogen-bond donors (Lipinski definition) is 3. The van der Waals surface area contributed by atoms with E-state index in [1.807, 2.05) is 0 Å². The number of piperidine rings is 1. The Hall–Kier alpha value is -1.59. The molecule has 0 aromatic heterocycles. The lowest BCUT2D eigenvalue weighted by Gasteiger charge is -2.29. The molecule has 0 radical (unpaired) electrons. The van der Waals surface area contributed by atoms with Crippen molar-refractivity contribution in [3.8, 4) is 0 Å². The molecule has 1 heterocycles. The highest BCUT2D eigenvalue weighted by atomic mass is 16.3. The second-order valence-electron chi connectivity index (χ2n) is 7.34. The van der Waals surface area contributed by atoms with E-state index >= 15 is 0 Å². The topological polar surface area (TPSA) is 59.9 Å². The standard InChI is InChI=1S/C20H32N4O/c1-2-21-20(22-13-16-3-4-16)23-14-17-5-7-18(8-6-17)15-24-11-9-19(25)10-12-24/h5-8,16,19,25H,2-4,9-15H2,1H3,(H2,21,22,23). The quantitative estimate of drug-likeness (QED) is 0.524. The van der Waals surface area contributed by atoms with Crippen molar-refractivity contribution in [1.29, 1.82) is 0 Å². The van der Waals surface area contributed by atoms with Crippen molar-refractivity contribution in [3.05, 3.63) is 35.4 Å². The molecule has 5 nitrogen and oxygen atoms in total. The SMILES string of the molecule is CCNC(=NCc1ccc(CN2CCC(O)CC2)cc1)NCC1CC1. The van der Waals surface area contributed by atoms with Gasteiger partial charge in [-0.25, -0.2) is 4.99 Å². The van der Waals surface area contributed by atoms with Crippen LogP contribution in [0.5, 0.6) is 0 Å². The molecule has 1 aromatic carbocycles. The smallest absolute Gasteiger partial charge is 0.191 e. The van der Waals surface area contributed by atoms with E-state index in [-0.39, 0.29) is 6.10 Å². The van der Waals surface area contributed by atoms with Crippen LogP contribution >= 0.6 is 0 Å². The first-order valence-electron chi connectivity index (χ1n) is 9.73. The van der Waals surface area contributed by atoms with Gasteiger partial charge in [0.2, 0.25) is 0 Å². The van der Waals surface area contributed by atoms with Crippen LogP contribution in [-0.2, 0) is 13.1 Å². The minimum Gasteiger partial charge on any atom is -0.393 e. The number of aliphatic hydroxyl groups excluding tert-OH is 1. The fraction of sp³-hybridized carbons (Fsp3) is 0.650. The van der Waals surface area contributed by atoms with Crippen molar-refractivity contribution in [2.24, 2.45) is 10.9 Å². The van der Waals surface area contributed by atoms with Gasteiger partial charge in [-0.15, -0.1) is 0 Å². The molecule has 0 atom stereocenters. The zero-order valence-corrected chi connectivity index (χ0v) is 15.4. The molecule has 1 aromatic rings. The maximum absolute atomic E-state index is 9.59. The Balaban J connectivity index is 1.47. The molecule has 0 unspecified atom stereocenters. The van der Waals surface area contributed by atoms with Crippen molar-refractivity contribution in [2.75, 3.05) is 26.2 Å². The van der Waals surface area contributed by atoms with Gasteiger partial charge in [-0.2, -0.15) is 0 Å². The van der Waals surface area contributed by atoms with Gasteiger partial charge in [0, 0.05) is 32.7 Å². The van der Waals surface area contributed by atoms with E-state index in [2.05, 4.69) is 46.7 Å². The van der Waals surface area contributed by atoms with Crippen molar-refractivity contribution in [3.63, 3.8) is 0 Å². The number of hydrogen-bond acceptors (Lipinski definition) is 3. The molecule has 25 heavy (non-hydrogen) atoms. The van der Waals surface area contributed by atoms with Gasteiger partial charge in [0.05, 0.1) is 12.6 Å². The summed E-state index contributed by atoms with van der Waals surface area (Å²) in [5.74, 6) is 1.77. The molecule has 3 rings (SSSR count). The molecule has 3 N–H and O–H groups in total. The van der Waals surface area contributed by atoms with E-state index < -0.39 is 0 Å². The fourth-order valence-corrected chi connectivity index (χ4v) is 3.16. The molecule has 2 aliphatic rings. The molecule has 2 fully saturated rings. The van der Waals surface area contributed by atoms with Crippen LogP contribution in [-0.4, -0.2) is 48.2 Å². The Kier molecular flexibility index (Phi) is 6.70. The summed E-state index contributed by atoms with van der Waals surface area (Å²) in [6.45, 7) is 7.69. The summed E-state index contributed by atoms with van der Waals surface area (Å²) in [6.07, 6.45) is 4.39. The minimum absolute atomic E-state index is 0.101. The number of nitrogens with zero attached hydrogens (tertiary/aromatic N) is 2. The second-order valence-corrected chi connectivity index (χ2v) is 7.34. The molecule has 0 bridgehead atoms. The van der Waals surface area contributed by atoms with Crippen LogP contribution in [0.15, 0.2) is 29.3 Å². The number of nitrogens with one attached hydrogen (secondary N) is 2. The van der Waals surface area contributed by atoms with E-state index in [4.69, 9.17) is 4.99 Å². The lowest BCUT2D eigenvalue weighted by Crippen LogP contribution is -2.38. The molecule has 1 aliphatic carbocycles. The zero-order valence-electron chi connectivity index (χ0n) is 15.4. The predicted molar refractivity (Wildman–Crippen MR) is 103 cm³/mol. The molecule has 1 saturated heterocycles. The summed E-state index contributed by atoms with van der Waals surface area (Å²) in [5.41, 5.74) is 2.57. The Morgan fingerprint density at radius 1 is 1.08 bits per heavy atom. The van der Waals surface area contributed by atoms with Crippen LogP contribution in [0.2, 0.25) is 0 Å². The fourth-order valence-electron chi connectivity index (χ4n) is 3.16. The molecule has 5 heteroatoms. The summed E-state index contributed by atoms with van der Waals surface area (Å²) < 4.78 is 0. The Morgan fingerprint density at radius 3 is 2.40 bits per heavy atom. The number of rotatable bonds is 7. The maximum Gasteiger partial charge on any atom is 0.191 e. The van der Waals surface area contributed by atoms with Crippen molar-refractivity contribution in [2.45, 2.75) is 51.8 Å². The summed E-state index contributed by atoms with van der Waals surface area (Å²) in [4.78, 5) is 7.11. The number of likely N-dealkylation sites (tertiary alicyclic amines) is 1.